The quantitative estimate of drug-likeness (QED) is 0.230. The van der Waals surface area contributed by atoms with Gasteiger partial charge in [-0.15, -0.1) is 0 Å². The molecule has 0 heterocycles. The van der Waals surface area contributed by atoms with Gasteiger partial charge in [-0.2, -0.15) is 0 Å². The highest BCUT2D eigenvalue weighted by Gasteiger charge is 2.25. The minimum Gasteiger partial charge on any atom is -0.480 e. The SMILES string of the molecule is Cc1cc(C)c(NC(=O)Nc2cc3ccccc3cc2C(=O)NC(CCC(C)CC(C)(C)C)C(=O)O)c(C)c1. The lowest BCUT2D eigenvalue weighted by Crippen LogP contribution is -2.41. The summed E-state index contributed by atoms with van der Waals surface area (Å²) in [4.78, 5) is 38.5. The van der Waals surface area contributed by atoms with E-state index in [-0.39, 0.29) is 11.0 Å². The molecule has 0 fully saturated rings. The highest BCUT2D eigenvalue weighted by Crippen LogP contribution is 2.28. The van der Waals surface area contributed by atoms with Gasteiger partial charge in [-0.05, 0) is 85.4 Å². The van der Waals surface area contributed by atoms with Gasteiger partial charge in [0.2, 0.25) is 0 Å². The van der Waals surface area contributed by atoms with Gasteiger partial charge in [-0.3, -0.25) is 4.79 Å². The van der Waals surface area contributed by atoms with Crippen molar-refractivity contribution in [2.24, 2.45) is 11.3 Å². The third-order valence-corrected chi connectivity index (χ3v) is 6.81. The maximum Gasteiger partial charge on any atom is 0.326 e. The van der Waals surface area contributed by atoms with Crippen molar-refractivity contribution < 1.29 is 19.5 Å². The van der Waals surface area contributed by atoms with Crippen LogP contribution in [-0.4, -0.2) is 29.1 Å². The number of amides is 3. The standard InChI is InChI=1S/C32H41N3O4/c1-19(18-32(5,6)7)12-13-26(30(37)38)33-29(36)25-16-23-10-8-9-11-24(23)17-27(25)34-31(39)35-28-21(3)14-20(2)15-22(28)4/h8-11,14-17,19,26H,12-13,18H2,1-7H3,(H,33,36)(H,37,38)(H2,34,35,39). The molecule has 3 amide bonds. The molecule has 208 valence electrons. The van der Waals surface area contributed by atoms with Crippen LogP contribution >= 0.6 is 0 Å². The van der Waals surface area contributed by atoms with Crippen LogP contribution < -0.4 is 16.0 Å². The van der Waals surface area contributed by atoms with Gasteiger partial charge in [0.25, 0.3) is 5.91 Å². The number of rotatable bonds is 9. The molecule has 39 heavy (non-hydrogen) atoms. The molecule has 7 nitrogen and oxygen atoms in total. The first-order valence-electron chi connectivity index (χ1n) is 13.5. The third-order valence-electron chi connectivity index (χ3n) is 6.81. The Balaban J connectivity index is 1.84. The van der Waals surface area contributed by atoms with Gasteiger partial charge in [0.1, 0.15) is 6.04 Å². The van der Waals surface area contributed by atoms with E-state index in [1.54, 1.807) is 12.1 Å². The molecular weight excluding hydrogens is 490 g/mol. The van der Waals surface area contributed by atoms with Gasteiger partial charge in [0, 0.05) is 5.69 Å². The molecule has 4 N–H and O–H groups in total. The fourth-order valence-corrected chi connectivity index (χ4v) is 5.27. The number of anilines is 2. The molecule has 0 saturated heterocycles. The summed E-state index contributed by atoms with van der Waals surface area (Å²) in [7, 11) is 0. The van der Waals surface area contributed by atoms with E-state index in [1.165, 1.54) is 0 Å². The Morgan fingerprint density at radius 3 is 2.03 bits per heavy atom. The van der Waals surface area contributed by atoms with Crippen LogP contribution in [-0.2, 0) is 4.79 Å². The summed E-state index contributed by atoms with van der Waals surface area (Å²) in [5.41, 5.74) is 4.33. The highest BCUT2D eigenvalue weighted by molar-refractivity contribution is 6.10. The largest absolute Gasteiger partial charge is 0.480 e. The number of carbonyl (C=O) groups is 3. The number of aryl methyl sites for hydroxylation is 3. The number of aliphatic carboxylic acids is 1. The molecule has 3 aromatic rings. The lowest BCUT2D eigenvalue weighted by Gasteiger charge is -2.24. The average Bonchev–Trinajstić information content (AvgIpc) is 2.82. The smallest absolute Gasteiger partial charge is 0.326 e. The third kappa shape index (κ3) is 8.31. The molecule has 0 radical (unpaired) electrons. The predicted molar refractivity (Wildman–Crippen MR) is 159 cm³/mol. The number of hydrogen-bond donors (Lipinski definition) is 4. The van der Waals surface area contributed by atoms with Crippen molar-refractivity contribution in [2.75, 3.05) is 10.6 Å². The van der Waals surface area contributed by atoms with Crippen molar-refractivity contribution in [1.29, 1.82) is 0 Å². The molecule has 0 aliphatic heterocycles. The van der Waals surface area contributed by atoms with Gasteiger partial charge in [-0.25, -0.2) is 9.59 Å². The molecular formula is C32H41N3O4. The van der Waals surface area contributed by atoms with E-state index in [0.29, 0.717) is 30.1 Å². The van der Waals surface area contributed by atoms with E-state index in [9.17, 15) is 19.5 Å². The molecule has 0 aromatic heterocycles. The number of carboxylic acid groups (broad SMARTS) is 1. The summed E-state index contributed by atoms with van der Waals surface area (Å²) < 4.78 is 0. The molecule has 0 aliphatic rings. The summed E-state index contributed by atoms with van der Waals surface area (Å²) >= 11 is 0. The monoisotopic (exact) mass is 531 g/mol. The Morgan fingerprint density at radius 1 is 0.872 bits per heavy atom. The minimum absolute atomic E-state index is 0.142. The summed E-state index contributed by atoms with van der Waals surface area (Å²) in [6.07, 6.45) is 1.96. The maximum absolute atomic E-state index is 13.4. The Kier molecular flexibility index (Phi) is 9.38. The van der Waals surface area contributed by atoms with Crippen molar-refractivity contribution in [3.05, 3.63) is 70.8 Å². The van der Waals surface area contributed by atoms with E-state index in [0.717, 1.165) is 33.9 Å². The minimum atomic E-state index is -1.08. The molecule has 0 bridgehead atoms. The van der Waals surface area contributed by atoms with Gasteiger partial charge >= 0.3 is 12.0 Å². The number of fused-ring (bicyclic) bond motifs is 1. The zero-order valence-corrected chi connectivity index (χ0v) is 24.1. The van der Waals surface area contributed by atoms with Crippen LogP contribution in [0.15, 0.2) is 48.5 Å². The lowest BCUT2D eigenvalue weighted by molar-refractivity contribution is -0.139. The van der Waals surface area contributed by atoms with Crippen LogP contribution in [0.25, 0.3) is 10.8 Å². The molecule has 7 heteroatoms. The number of carbonyl (C=O) groups excluding carboxylic acids is 2. The molecule has 3 aromatic carbocycles. The first-order valence-corrected chi connectivity index (χ1v) is 13.5. The fourth-order valence-electron chi connectivity index (χ4n) is 5.27. The van der Waals surface area contributed by atoms with Gasteiger partial charge in [-0.1, -0.05) is 69.7 Å². The Labute approximate surface area is 231 Å². The Morgan fingerprint density at radius 2 is 1.46 bits per heavy atom. The van der Waals surface area contributed by atoms with Crippen molar-refractivity contribution >= 4 is 40.1 Å². The second-order valence-corrected chi connectivity index (χ2v) is 11.9. The second-order valence-electron chi connectivity index (χ2n) is 11.9. The number of benzene rings is 3. The molecule has 0 aliphatic carbocycles. The van der Waals surface area contributed by atoms with Gasteiger partial charge in [0.15, 0.2) is 0 Å². The molecule has 2 atom stereocenters. The maximum atomic E-state index is 13.4. The van der Waals surface area contributed by atoms with Crippen molar-refractivity contribution in [2.45, 2.75) is 73.8 Å². The van der Waals surface area contributed by atoms with E-state index in [1.807, 2.05) is 57.2 Å². The molecule has 2 unspecified atom stereocenters. The Hall–Kier alpha value is -3.87. The molecule has 0 spiro atoms. The predicted octanol–water partition coefficient (Wildman–Crippen LogP) is 7.44. The average molecular weight is 532 g/mol. The van der Waals surface area contributed by atoms with Crippen LogP contribution in [0.1, 0.15) is 74.0 Å². The van der Waals surface area contributed by atoms with Crippen LogP contribution in [0, 0.1) is 32.1 Å². The van der Waals surface area contributed by atoms with Gasteiger partial charge < -0.3 is 21.1 Å². The summed E-state index contributed by atoms with van der Waals surface area (Å²) in [6, 6.07) is 13.4. The second kappa shape index (κ2) is 12.3. The Bertz CT molecular complexity index is 1350. The number of urea groups is 1. The van der Waals surface area contributed by atoms with Crippen LogP contribution in [0.2, 0.25) is 0 Å². The first kappa shape index (κ1) is 29.7. The highest BCUT2D eigenvalue weighted by atomic mass is 16.4. The van der Waals surface area contributed by atoms with Crippen LogP contribution in [0.4, 0.5) is 16.2 Å². The summed E-state index contributed by atoms with van der Waals surface area (Å²) in [5.74, 6) is -1.31. The lowest BCUT2D eigenvalue weighted by atomic mass is 9.83. The van der Waals surface area contributed by atoms with Crippen molar-refractivity contribution in [1.82, 2.24) is 5.32 Å². The van der Waals surface area contributed by atoms with E-state index in [4.69, 9.17) is 0 Å². The van der Waals surface area contributed by atoms with Crippen molar-refractivity contribution in [3.8, 4) is 0 Å². The van der Waals surface area contributed by atoms with E-state index < -0.39 is 23.9 Å². The zero-order valence-electron chi connectivity index (χ0n) is 24.1. The normalized spacial score (nSPS) is 13.0. The first-order chi connectivity index (χ1) is 18.2. The van der Waals surface area contributed by atoms with Gasteiger partial charge in [0.05, 0.1) is 11.3 Å². The number of nitrogens with one attached hydrogen (secondary N) is 3. The topological polar surface area (TPSA) is 108 Å². The van der Waals surface area contributed by atoms with Crippen molar-refractivity contribution in [3.63, 3.8) is 0 Å². The molecule has 0 saturated carbocycles. The summed E-state index contributed by atoms with van der Waals surface area (Å²) in [6.45, 7) is 14.4. The van der Waals surface area contributed by atoms with E-state index in [2.05, 4.69) is 43.6 Å². The number of carboxylic acids is 1. The fraction of sp³-hybridized carbons (Fsp3) is 0.406. The van der Waals surface area contributed by atoms with Crippen LogP contribution in [0.5, 0.6) is 0 Å². The zero-order chi connectivity index (χ0) is 28.9. The molecule has 3 rings (SSSR count). The van der Waals surface area contributed by atoms with Crippen LogP contribution in [0.3, 0.4) is 0 Å². The number of hydrogen-bond acceptors (Lipinski definition) is 3. The van der Waals surface area contributed by atoms with E-state index >= 15 is 0 Å². The summed E-state index contributed by atoms with van der Waals surface area (Å²) in [5, 5.41) is 19.9.